The maximum Gasteiger partial charge on any atom is 0.331 e. The maximum atomic E-state index is 12.1. The number of nitrogens with zero attached hydrogens (tertiary/aromatic N) is 2. The molecule has 0 N–H and O–H groups in total. The summed E-state index contributed by atoms with van der Waals surface area (Å²) in [6.07, 6.45) is 2.06. The van der Waals surface area contributed by atoms with Gasteiger partial charge in [-0.3, -0.25) is 0 Å². The van der Waals surface area contributed by atoms with Crippen molar-refractivity contribution in [3.63, 3.8) is 0 Å². The van der Waals surface area contributed by atoms with Crippen LogP contribution in [0, 0.1) is 6.92 Å². The number of benzene rings is 2. The van der Waals surface area contributed by atoms with Crippen molar-refractivity contribution in [3.05, 3.63) is 75.6 Å². The van der Waals surface area contributed by atoms with Crippen LogP contribution in [-0.4, -0.2) is 16.2 Å². The summed E-state index contributed by atoms with van der Waals surface area (Å²) in [6.45, 7) is 3.65. The van der Waals surface area contributed by atoms with E-state index in [1.165, 1.54) is 12.2 Å². The Kier molecular flexibility index (Phi) is 5.94. The first-order valence-corrected chi connectivity index (χ1v) is 8.93. The second-order valence-corrected chi connectivity index (χ2v) is 6.67. The molecule has 3 aromatic rings. The highest BCUT2D eigenvalue weighted by Gasteiger charge is 2.18. The average molecular weight is 403 g/mol. The Balaban J connectivity index is 1.66. The number of carbonyl (C=O) groups excluding carboxylic acids is 1. The predicted molar refractivity (Wildman–Crippen MR) is 104 cm³/mol. The molecule has 0 unspecified atom stereocenters. The normalized spacial score (nSPS) is 12.3. The Morgan fingerprint density at radius 2 is 1.78 bits per heavy atom. The minimum atomic E-state index is -0.699. The first-order valence-electron chi connectivity index (χ1n) is 8.17. The molecule has 7 heteroatoms. The topological polar surface area (TPSA) is 65.2 Å². The van der Waals surface area contributed by atoms with Gasteiger partial charge in [-0.2, -0.15) is 0 Å². The molecule has 138 valence electrons. The highest BCUT2D eigenvalue weighted by Crippen LogP contribution is 2.26. The van der Waals surface area contributed by atoms with E-state index in [2.05, 4.69) is 10.2 Å². The molecule has 1 aromatic heterocycles. The van der Waals surface area contributed by atoms with Crippen molar-refractivity contribution >= 4 is 35.2 Å². The minimum Gasteiger partial charge on any atom is -0.449 e. The number of esters is 1. The fraction of sp³-hybridized carbons (Fsp3) is 0.150. The van der Waals surface area contributed by atoms with Gasteiger partial charge in [0.1, 0.15) is 0 Å². The Bertz CT molecular complexity index is 961. The van der Waals surface area contributed by atoms with Crippen LogP contribution in [0.15, 0.2) is 53.0 Å². The molecule has 1 heterocycles. The SMILES string of the molecule is Cc1ccc(-c2nnc([C@@H](C)OC(=O)/C=C/c3c(Cl)cccc3Cl)o2)cc1. The average Bonchev–Trinajstić information content (AvgIpc) is 3.12. The van der Waals surface area contributed by atoms with Crippen molar-refractivity contribution < 1.29 is 13.9 Å². The van der Waals surface area contributed by atoms with E-state index in [1.807, 2.05) is 31.2 Å². The van der Waals surface area contributed by atoms with Crippen LogP contribution in [0.5, 0.6) is 0 Å². The van der Waals surface area contributed by atoms with Gasteiger partial charge in [-0.1, -0.05) is 47.0 Å². The molecule has 0 radical (unpaired) electrons. The molecule has 0 saturated heterocycles. The summed E-state index contributed by atoms with van der Waals surface area (Å²) in [4.78, 5) is 12.1. The Morgan fingerprint density at radius 1 is 1.11 bits per heavy atom. The summed E-state index contributed by atoms with van der Waals surface area (Å²) in [6, 6.07) is 12.8. The maximum absolute atomic E-state index is 12.1. The van der Waals surface area contributed by atoms with Crippen LogP contribution in [-0.2, 0) is 9.53 Å². The van der Waals surface area contributed by atoms with Crippen molar-refractivity contribution in [3.8, 4) is 11.5 Å². The largest absolute Gasteiger partial charge is 0.449 e. The van der Waals surface area contributed by atoms with Crippen LogP contribution in [0.1, 0.15) is 30.0 Å². The molecular weight excluding hydrogens is 387 g/mol. The van der Waals surface area contributed by atoms with Crippen LogP contribution < -0.4 is 0 Å². The van der Waals surface area contributed by atoms with Gasteiger partial charge in [0, 0.05) is 27.2 Å². The van der Waals surface area contributed by atoms with E-state index in [4.69, 9.17) is 32.4 Å². The van der Waals surface area contributed by atoms with Crippen LogP contribution in [0.25, 0.3) is 17.5 Å². The standard InChI is InChI=1S/C20H16Cl2N2O3/c1-12-6-8-14(9-7-12)20-24-23-19(27-20)13(2)26-18(25)11-10-15-16(21)4-3-5-17(15)22/h3-11,13H,1-2H3/b11-10+/t13-/m1/s1. The summed E-state index contributed by atoms with van der Waals surface area (Å²) in [7, 11) is 0. The minimum absolute atomic E-state index is 0.211. The molecule has 27 heavy (non-hydrogen) atoms. The van der Waals surface area contributed by atoms with Crippen LogP contribution in [0.3, 0.4) is 0 Å². The van der Waals surface area contributed by atoms with Crippen molar-refractivity contribution in [1.29, 1.82) is 0 Å². The van der Waals surface area contributed by atoms with Crippen molar-refractivity contribution in [2.45, 2.75) is 20.0 Å². The summed E-state index contributed by atoms with van der Waals surface area (Å²) in [5.74, 6) is 0.00274. The van der Waals surface area contributed by atoms with Gasteiger partial charge in [0.05, 0.1) is 0 Å². The molecule has 0 fully saturated rings. The number of rotatable bonds is 5. The van der Waals surface area contributed by atoms with E-state index >= 15 is 0 Å². The second-order valence-electron chi connectivity index (χ2n) is 5.86. The summed E-state index contributed by atoms with van der Waals surface area (Å²) in [5.41, 5.74) is 2.47. The molecule has 2 aromatic carbocycles. The molecule has 1 atom stereocenters. The lowest BCUT2D eigenvalue weighted by atomic mass is 10.1. The summed E-state index contributed by atoms with van der Waals surface area (Å²) in [5, 5.41) is 8.84. The molecule has 5 nitrogen and oxygen atoms in total. The molecule has 0 bridgehead atoms. The molecule has 0 spiro atoms. The molecule has 0 aliphatic carbocycles. The van der Waals surface area contributed by atoms with Crippen LogP contribution in [0.2, 0.25) is 10.0 Å². The van der Waals surface area contributed by atoms with Crippen LogP contribution in [0.4, 0.5) is 0 Å². The van der Waals surface area contributed by atoms with E-state index in [1.54, 1.807) is 25.1 Å². The number of aromatic nitrogens is 2. The van der Waals surface area contributed by atoms with E-state index in [9.17, 15) is 4.79 Å². The van der Waals surface area contributed by atoms with Gasteiger partial charge in [0.15, 0.2) is 6.10 Å². The van der Waals surface area contributed by atoms with Gasteiger partial charge in [0.25, 0.3) is 5.89 Å². The number of carbonyl (C=O) groups is 1. The lowest BCUT2D eigenvalue weighted by molar-refractivity contribution is -0.143. The van der Waals surface area contributed by atoms with Gasteiger partial charge in [-0.15, -0.1) is 10.2 Å². The third-order valence-corrected chi connectivity index (χ3v) is 4.42. The van der Waals surface area contributed by atoms with Gasteiger partial charge in [-0.05, 0) is 44.2 Å². The third-order valence-electron chi connectivity index (χ3n) is 3.77. The zero-order valence-corrected chi connectivity index (χ0v) is 16.2. The Labute approximate surface area is 166 Å². The first-order chi connectivity index (χ1) is 12.9. The van der Waals surface area contributed by atoms with Crippen LogP contribution >= 0.6 is 23.2 Å². The second kappa shape index (κ2) is 8.37. The third kappa shape index (κ3) is 4.76. The van der Waals surface area contributed by atoms with Gasteiger partial charge in [-0.25, -0.2) is 4.79 Å². The highest BCUT2D eigenvalue weighted by atomic mass is 35.5. The number of aryl methyl sites for hydroxylation is 1. The molecular formula is C20H16Cl2N2O3. The van der Waals surface area contributed by atoms with Crippen molar-refractivity contribution in [2.24, 2.45) is 0 Å². The first kappa shape index (κ1) is 19.1. The smallest absolute Gasteiger partial charge is 0.331 e. The van der Waals surface area contributed by atoms with Gasteiger partial charge >= 0.3 is 5.97 Å². The number of halogens is 2. The van der Waals surface area contributed by atoms with Crippen molar-refractivity contribution in [1.82, 2.24) is 10.2 Å². The number of ether oxygens (including phenoxy) is 1. The zero-order chi connectivity index (χ0) is 19.4. The van der Waals surface area contributed by atoms with Gasteiger partial charge in [0.2, 0.25) is 5.89 Å². The van der Waals surface area contributed by atoms with E-state index < -0.39 is 12.1 Å². The number of hydrogen-bond acceptors (Lipinski definition) is 5. The molecule has 0 amide bonds. The van der Waals surface area contributed by atoms with E-state index in [0.717, 1.165) is 11.1 Å². The molecule has 0 aliphatic rings. The quantitative estimate of drug-likeness (QED) is 0.406. The molecule has 0 saturated carbocycles. The lowest BCUT2D eigenvalue weighted by Crippen LogP contribution is -2.06. The Hall–Kier alpha value is -2.63. The molecule has 0 aliphatic heterocycles. The monoisotopic (exact) mass is 402 g/mol. The highest BCUT2D eigenvalue weighted by molar-refractivity contribution is 6.37. The Morgan fingerprint density at radius 3 is 2.44 bits per heavy atom. The molecule has 3 rings (SSSR count). The fourth-order valence-electron chi connectivity index (χ4n) is 2.30. The predicted octanol–water partition coefficient (Wildman–Crippen LogP) is 5.67. The summed E-state index contributed by atoms with van der Waals surface area (Å²) < 4.78 is 10.9. The van der Waals surface area contributed by atoms with E-state index in [0.29, 0.717) is 21.5 Å². The number of hydrogen-bond donors (Lipinski definition) is 0. The summed E-state index contributed by atoms with van der Waals surface area (Å²) >= 11 is 12.1. The van der Waals surface area contributed by atoms with Gasteiger partial charge < -0.3 is 9.15 Å². The fourth-order valence-corrected chi connectivity index (χ4v) is 2.82. The zero-order valence-electron chi connectivity index (χ0n) is 14.6. The van der Waals surface area contributed by atoms with Crippen molar-refractivity contribution in [2.75, 3.05) is 0 Å². The van der Waals surface area contributed by atoms with E-state index in [-0.39, 0.29) is 5.89 Å². The lowest BCUT2D eigenvalue weighted by Gasteiger charge is -2.07.